The van der Waals surface area contributed by atoms with Crippen molar-refractivity contribution in [2.24, 2.45) is 0 Å². The molecule has 0 aliphatic heterocycles. The van der Waals surface area contributed by atoms with Gasteiger partial charge in [0.2, 0.25) is 0 Å². The molecule has 0 saturated carbocycles. The maximum Gasteiger partial charge on any atom is 0.519 e. The minimum absolute atomic E-state index is 0.158. The molecule has 1 atom stereocenters. The second kappa shape index (κ2) is 5.47. The normalized spacial score (nSPS) is 12.4. The molecule has 2 N–H and O–H groups in total. The molecular formula is C9H13NO6. The molecular weight excluding hydrogens is 218 g/mol. The Morgan fingerprint density at radius 2 is 2.25 bits per heavy atom. The summed E-state index contributed by atoms with van der Waals surface area (Å²) in [6, 6.07) is -0.793. The summed E-state index contributed by atoms with van der Waals surface area (Å²) in [5.41, 5.74) is 0. The van der Waals surface area contributed by atoms with Crippen LogP contribution in [0, 0.1) is 6.92 Å². The molecule has 1 aromatic heterocycles. The highest BCUT2D eigenvalue weighted by molar-refractivity contribution is 5.75. The fourth-order valence-corrected chi connectivity index (χ4v) is 1.03. The lowest BCUT2D eigenvalue weighted by atomic mass is 10.3. The predicted molar refractivity (Wildman–Crippen MR) is 51.7 cm³/mol. The average molecular weight is 231 g/mol. The fourth-order valence-electron chi connectivity index (χ4n) is 1.03. The summed E-state index contributed by atoms with van der Waals surface area (Å²) in [6.07, 6.45) is 0. The molecule has 0 aliphatic carbocycles. The lowest BCUT2D eigenvalue weighted by molar-refractivity contribution is -0.149. The van der Waals surface area contributed by atoms with E-state index in [1.54, 1.807) is 0 Å². The predicted octanol–water partition coefficient (Wildman–Crippen LogP) is -0.835. The first-order chi connectivity index (χ1) is 7.58. The number of aliphatic hydroxyl groups is 1. The third-order valence-corrected chi connectivity index (χ3v) is 2.00. The van der Waals surface area contributed by atoms with Gasteiger partial charge in [0, 0.05) is 0 Å². The van der Waals surface area contributed by atoms with E-state index in [4.69, 9.17) is 9.84 Å². The van der Waals surface area contributed by atoms with Gasteiger partial charge in [-0.25, -0.2) is 4.79 Å². The second-order valence-corrected chi connectivity index (χ2v) is 3.07. The first kappa shape index (κ1) is 12.5. The number of nitrogens with one attached hydrogen (secondary N) is 1. The number of carbonyl (C=O) groups excluding carboxylic acids is 1. The van der Waals surface area contributed by atoms with Crippen molar-refractivity contribution in [2.75, 3.05) is 13.7 Å². The number of hydrogen-bond donors (Lipinski definition) is 2. The Morgan fingerprint density at radius 3 is 2.69 bits per heavy atom. The van der Waals surface area contributed by atoms with Crippen molar-refractivity contribution in [3.8, 4) is 0 Å². The average Bonchev–Trinajstić information content (AvgIpc) is 2.56. The molecule has 90 valence electrons. The van der Waals surface area contributed by atoms with Crippen molar-refractivity contribution >= 4 is 5.97 Å². The largest absolute Gasteiger partial charge is 0.519 e. The van der Waals surface area contributed by atoms with Gasteiger partial charge in [-0.1, -0.05) is 0 Å². The van der Waals surface area contributed by atoms with E-state index >= 15 is 0 Å². The zero-order valence-electron chi connectivity index (χ0n) is 8.98. The number of ether oxygens (including phenoxy) is 1. The molecule has 0 spiro atoms. The number of aryl methyl sites for hydroxylation is 1. The zero-order chi connectivity index (χ0) is 12.1. The van der Waals surface area contributed by atoms with Gasteiger partial charge in [-0.3, -0.25) is 4.79 Å². The van der Waals surface area contributed by atoms with Gasteiger partial charge >= 0.3 is 11.8 Å². The third-order valence-electron chi connectivity index (χ3n) is 2.00. The Morgan fingerprint density at radius 1 is 1.56 bits per heavy atom. The van der Waals surface area contributed by atoms with E-state index in [-0.39, 0.29) is 24.7 Å². The molecule has 7 nitrogen and oxygen atoms in total. The van der Waals surface area contributed by atoms with Crippen LogP contribution in [0.25, 0.3) is 0 Å². The van der Waals surface area contributed by atoms with Gasteiger partial charge in [0.1, 0.15) is 6.04 Å². The van der Waals surface area contributed by atoms with Crippen molar-refractivity contribution in [1.82, 2.24) is 5.32 Å². The van der Waals surface area contributed by atoms with Crippen molar-refractivity contribution in [2.45, 2.75) is 19.6 Å². The lowest BCUT2D eigenvalue weighted by Gasteiger charge is -2.11. The van der Waals surface area contributed by atoms with Crippen LogP contribution in [0.3, 0.4) is 0 Å². The van der Waals surface area contributed by atoms with Crippen LogP contribution in [0.5, 0.6) is 0 Å². The van der Waals surface area contributed by atoms with E-state index in [9.17, 15) is 9.59 Å². The van der Waals surface area contributed by atoms with Crippen LogP contribution in [0.15, 0.2) is 13.6 Å². The van der Waals surface area contributed by atoms with Crippen LogP contribution in [-0.2, 0) is 16.1 Å². The van der Waals surface area contributed by atoms with Gasteiger partial charge < -0.3 is 24.0 Å². The summed E-state index contributed by atoms with van der Waals surface area (Å²) in [5, 5.41) is 11.4. The highest BCUT2D eigenvalue weighted by Crippen LogP contribution is 2.06. The molecule has 0 aromatic carbocycles. The number of likely N-dealkylation sites (N-methyl/N-ethyl adjacent to an activating group) is 1. The molecule has 1 unspecified atom stereocenters. The molecule has 0 radical (unpaired) electrons. The van der Waals surface area contributed by atoms with Crippen molar-refractivity contribution in [1.29, 1.82) is 0 Å². The van der Waals surface area contributed by atoms with Crippen LogP contribution in [-0.4, -0.2) is 30.8 Å². The van der Waals surface area contributed by atoms with Crippen LogP contribution < -0.4 is 11.1 Å². The summed E-state index contributed by atoms with van der Waals surface area (Å²) >= 11 is 0. The fraction of sp³-hybridized carbons (Fsp3) is 0.556. The molecule has 16 heavy (non-hydrogen) atoms. The number of esters is 1. The monoisotopic (exact) mass is 231 g/mol. The van der Waals surface area contributed by atoms with Gasteiger partial charge in [-0.05, 0) is 14.0 Å². The number of rotatable bonds is 5. The summed E-state index contributed by atoms with van der Waals surface area (Å²) in [4.78, 5) is 22.0. The van der Waals surface area contributed by atoms with Crippen molar-refractivity contribution < 1.29 is 23.5 Å². The smallest absolute Gasteiger partial charge is 0.456 e. The minimum atomic E-state index is -0.837. The Hall–Kier alpha value is -1.60. The van der Waals surface area contributed by atoms with E-state index in [1.165, 1.54) is 14.0 Å². The van der Waals surface area contributed by atoms with Gasteiger partial charge in [0.15, 0.2) is 18.1 Å². The van der Waals surface area contributed by atoms with E-state index in [2.05, 4.69) is 14.2 Å². The highest BCUT2D eigenvalue weighted by atomic mass is 16.6. The first-order valence-corrected chi connectivity index (χ1v) is 4.62. The Kier molecular flexibility index (Phi) is 4.27. The maximum absolute atomic E-state index is 11.3. The lowest BCUT2D eigenvalue weighted by Crippen LogP contribution is -2.38. The van der Waals surface area contributed by atoms with E-state index in [1.807, 2.05) is 0 Å². The SMILES string of the molecule is CNC(CO)C(=O)OCc1oc(=O)oc1C. The number of hydrogen-bond acceptors (Lipinski definition) is 7. The molecule has 1 rings (SSSR count). The topological polar surface area (TPSA) is 102 Å². The van der Waals surface area contributed by atoms with Crippen molar-refractivity contribution in [3.63, 3.8) is 0 Å². The molecule has 1 heterocycles. The first-order valence-electron chi connectivity index (χ1n) is 4.62. The summed E-state index contributed by atoms with van der Waals surface area (Å²) < 4.78 is 14.0. The van der Waals surface area contributed by atoms with Gasteiger partial charge in [0.25, 0.3) is 0 Å². The van der Waals surface area contributed by atoms with Crippen LogP contribution in [0.1, 0.15) is 11.5 Å². The standard InChI is InChI=1S/C9H13NO6/c1-5-7(16-9(13)15-5)4-14-8(12)6(3-11)10-2/h6,10-11H,3-4H2,1-2H3. The number of carbonyl (C=O) groups is 1. The molecule has 0 bridgehead atoms. The summed E-state index contributed by atoms with van der Waals surface area (Å²) in [7, 11) is 1.52. The number of aliphatic hydroxyl groups excluding tert-OH is 1. The molecule has 0 saturated heterocycles. The molecule has 0 fully saturated rings. The van der Waals surface area contributed by atoms with Gasteiger partial charge in [0.05, 0.1) is 6.61 Å². The molecule has 0 aliphatic rings. The zero-order valence-corrected chi connectivity index (χ0v) is 8.98. The van der Waals surface area contributed by atoms with Crippen LogP contribution in [0.4, 0.5) is 0 Å². The molecule has 7 heteroatoms. The molecule has 0 amide bonds. The third kappa shape index (κ3) is 2.94. The van der Waals surface area contributed by atoms with Gasteiger partial charge in [-0.15, -0.1) is 0 Å². The summed E-state index contributed by atoms with van der Waals surface area (Å²) in [5.74, 6) is -1.04. The molecule has 1 aromatic rings. The van der Waals surface area contributed by atoms with Crippen LogP contribution in [0.2, 0.25) is 0 Å². The van der Waals surface area contributed by atoms with Crippen molar-refractivity contribution in [3.05, 3.63) is 22.1 Å². The second-order valence-electron chi connectivity index (χ2n) is 3.07. The minimum Gasteiger partial charge on any atom is -0.456 e. The van der Waals surface area contributed by atoms with Gasteiger partial charge in [-0.2, -0.15) is 0 Å². The maximum atomic E-state index is 11.3. The van der Waals surface area contributed by atoms with E-state index < -0.39 is 17.8 Å². The van der Waals surface area contributed by atoms with E-state index in [0.29, 0.717) is 0 Å². The highest BCUT2D eigenvalue weighted by Gasteiger charge is 2.18. The quantitative estimate of drug-likeness (QED) is 0.637. The Labute approximate surface area is 91.0 Å². The Balaban J connectivity index is 2.54. The van der Waals surface area contributed by atoms with Crippen LogP contribution >= 0.6 is 0 Å². The Bertz CT molecular complexity index is 402. The summed E-state index contributed by atoms with van der Waals surface area (Å²) in [6.45, 7) is 0.952. The van der Waals surface area contributed by atoms with E-state index in [0.717, 1.165) is 0 Å².